The molecule has 3 aromatic carbocycles. The predicted molar refractivity (Wildman–Crippen MR) is 103 cm³/mol. The molecule has 3 aromatic rings. The predicted octanol–water partition coefficient (Wildman–Crippen LogP) is 3.75. The van der Waals surface area contributed by atoms with Gasteiger partial charge in [-0.25, -0.2) is 10.1 Å². The van der Waals surface area contributed by atoms with Crippen molar-refractivity contribution < 1.29 is 20.0 Å². The van der Waals surface area contributed by atoms with Gasteiger partial charge in [-0.2, -0.15) is 0 Å². The second-order valence-corrected chi connectivity index (χ2v) is 6.27. The SMILES string of the molecule is O=C(c1ccc(C(=O)N(O)Cc2ccccc2)cc1)N(O)Cc1ccccc1. The fraction of sp³-hybridized carbons (Fsp3) is 0.0909. The van der Waals surface area contributed by atoms with Crippen LogP contribution < -0.4 is 0 Å². The topological polar surface area (TPSA) is 81.1 Å². The minimum absolute atomic E-state index is 0.0574. The number of nitrogens with zero attached hydrogens (tertiary/aromatic N) is 2. The van der Waals surface area contributed by atoms with Gasteiger partial charge in [0, 0.05) is 11.1 Å². The van der Waals surface area contributed by atoms with Crippen molar-refractivity contribution in [2.75, 3.05) is 0 Å². The minimum Gasteiger partial charge on any atom is -0.285 e. The standard InChI is InChI=1S/C22H20N2O4/c25-21(23(27)15-17-7-3-1-4-8-17)19-11-13-20(14-12-19)22(26)24(28)16-18-9-5-2-6-10-18/h1-14,27-28H,15-16H2. The first-order chi connectivity index (χ1) is 13.5. The lowest BCUT2D eigenvalue weighted by molar-refractivity contribution is -0.0651. The van der Waals surface area contributed by atoms with Crippen molar-refractivity contribution in [3.05, 3.63) is 107 Å². The summed E-state index contributed by atoms with van der Waals surface area (Å²) in [7, 11) is 0. The Labute approximate surface area is 162 Å². The van der Waals surface area contributed by atoms with Crippen LogP contribution in [0.4, 0.5) is 0 Å². The number of hydroxylamine groups is 4. The van der Waals surface area contributed by atoms with Crippen molar-refractivity contribution in [1.82, 2.24) is 10.1 Å². The van der Waals surface area contributed by atoms with Gasteiger partial charge in [-0.15, -0.1) is 0 Å². The molecule has 0 saturated heterocycles. The molecule has 2 N–H and O–H groups in total. The summed E-state index contributed by atoms with van der Waals surface area (Å²) in [6.45, 7) is 0.115. The molecule has 0 saturated carbocycles. The zero-order chi connectivity index (χ0) is 19.9. The monoisotopic (exact) mass is 376 g/mol. The maximum atomic E-state index is 12.3. The molecule has 0 heterocycles. The summed E-state index contributed by atoms with van der Waals surface area (Å²) in [5.74, 6) is -1.15. The Kier molecular flexibility index (Phi) is 6.16. The molecule has 0 unspecified atom stereocenters. The third-order valence-electron chi connectivity index (χ3n) is 4.20. The summed E-state index contributed by atoms with van der Waals surface area (Å²) in [6.07, 6.45) is 0. The second-order valence-electron chi connectivity index (χ2n) is 6.27. The minimum atomic E-state index is -0.576. The third kappa shape index (κ3) is 4.82. The molecule has 2 amide bonds. The molecule has 6 heteroatoms. The molecule has 28 heavy (non-hydrogen) atoms. The van der Waals surface area contributed by atoms with Gasteiger partial charge in [0.05, 0.1) is 13.1 Å². The van der Waals surface area contributed by atoms with Gasteiger partial charge in [0.2, 0.25) is 0 Å². The van der Waals surface area contributed by atoms with E-state index in [9.17, 15) is 20.0 Å². The van der Waals surface area contributed by atoms with E-state index in [0.29, 0.717) is 10.1 Å². The highest BCUT2D eigenvalue weighted by atomic mass is 16.5. The normalized spacial score (nSPS) is 10.4. The maximum absolute atomic E-state index is 12.3. The van der Waals surface area contributed by atoms with E-state index in [1.54, 1.807) is 24.3 Å². The van der Waals surface area contributed by atoms with Crippen molar-refractivity contribution in [3.63, 3.8) is 0 Å². The molecule has 0 bridgehead atoms. The van der Waals surface area contributed by atoms with E-state index >= 15 is 0 Å². The number of carbonyl (C=O) groups is 2. The lowest BCUT2D eigenvalue weighted by Gasteiger charge is -2.17. The van der Waals surface area contributed by atoms with Gasteiger partial charge in [-0.1, -0.05) is 60.7 Å². The number of amides is 2. The smallest absolute Gasteiger partial charge is 0.277 e. The van der Waals surface area contributed by atoms with Crippen LogP contribution in [0.25, 0.3) is 0 Å². The molecule has 3 rings (SSSR count). The van der Waals surface area contributed by atoms with Crippen molar-refractivity contribution in [3.8, 4) is 0 Å². The highest BCUT2D eigenvalue weighted by Crippen LogP contribution is 2.12. The first-order valence-electron chi connectivity index (χ1n) is 8.74. The van der Waals surface area contributed by atoms with Crippen LogP contribution in [-0.4, -0.2) is 32.4 Å². The van der Waals surface area contributed by atoms with E-state index < -0.39 is 11.8 Å². The molecule has 0 aliphatic carbocycles. The van der Waals surface area contributed by atoms with Gasteiger partial charge in [-0.05, 0) is 35.4 Å². The molecule has 0 spiro atoms. The van der Waals surface area contributed by atoms with Gasteiger partial charge in [0.1, 0.15) is 0 Å². The average Bonchev–Trinajstić information content (AvgIpc) is 2.74. The number of hydrogen-bond acceptors (Lipinski definition) is 4. The van der Waals surface area contributed by atoms with Gasteiger partial charge in [0.25, 0.3) is 11.8 Å². The van der Waals surface area contributed by atoms with E-state index in [1.807, 2.05) is 36.4 Å². The molecule has 0 aliphatic heterocycles. The fourth-order valence-corrected chi connectivity index (χ4v) is 2.71. The maximum Gasteiger partial charge on any atom is 0.277 e. The molecule has 0 aromatic heterocycles. The molecule has 0 atom stereocenters. The van der Waals surface area contributed by atoms with Crippen molar-refractivity contribution >= 4 is 11.8 Å². The molecule has 6 nitrogen and oxygen atoms in total. The van der Waals surface area contributed by atoms with E-state index in [4.69, 9.17) is 0 Å². The van der Waals surface area contributed by atoms with Crippen LogP contribution in [0.2, 0.25) is 0 Å². The van der Waals surface area contributed by atoms with Crippen molar-refractivity contribution in [2.24, 2.45) is 0 Å². The van der Waals surface area contributed by atoms with E-state index in [-0.39, 0.29) is 24.2 Å². The van der Waals surface area contributed by atoms with E-state index in [2.05, 4.69) is 0 Å². The van der Waals surface area contributed by atoms with Crippen LogP contribution in [0.1, 0.15) is 31.8 Å². The third-order valence-corrected chi connectivity index (χ3v) is 4.20. The highest BCUT2D eigenvalue weighted by Gasteiger charge is 2.17. The van der Waals surface area contributed by atoms with Gasteiger partial charge in [0.15, 0.2) is 0 Å². The van der Waals surface area contributed by atoms with Crippen LogP contribution in [-0.2, 0) is 13.1 Å². The molecule has 0 fully saturated rings. The zero-order valence-electron chi connectivity index (χ0n) is 15.1. The van der Waals surface area contributed by atoms with Gasteiger partial charge < -0.3 is 0 Å². The van der Waals surface area contributed by atoms with Gasteiger partial charge >= 0.3 is 0 Å². The quantitative estimate of drug-likeness (QED) is 0.507. The zero-order valence-corrected chi connectivity index (χ0v) is 15.1. The number of benzene rings is 3. The molecular weight excluding hydrogens is 356 g/mol. The number of hydrogen-bond donors (Lipinski definition) is 2. The van der Waals surface area contributed by atoms with E-state index in [1.165, 1.54) is 24.3 Å². The Balaban J connectivity index is 1.63. The number of rotatable bonds is 6. The van der Waals surface area contributed by atoms with Crippen LogP contribution in [0, 0.1) is 0 Å². The summed E-state index contributed by atoms with van der Waals surface area (Å²) in [4.78, 5) is 24.7. The lowest BCUT2D eigenvalue weighted by Crippen LogP contribution is -2.28. The first-order valence-corrected chi connectivity index (χ1v) is 8.74. The summed E-state index contributed by atoms with van der Waals surface area (Å²) in [6, 6.07) is 24.0. The summed E-state index contributed by atoms with van der Waals surface area (Å²) in [5, 5.41) is 21.3. The fourth-order valence-electron chi connectivity index (χ4n) is 2.71. The summed E-state index contributed by atoms with van der Waals surface area (Å²) < 4.78 is 0. The number of carbonyl (C=O) groups excluding carboxylic acids is 2. The van der Waals surface area contributed by atoms with Crippen molar-refractivity contribution in [2.45, 2.75) is 13.1 Å². The van der Waals surface area contributed by atoms with Crippen LogP contribution in [0.5, 0.6) is 0 Å². The first kappa shape index (κ1) is 19.3. The Bertz CT molecular complexity index is 849. The van der Waals surface area contributed by atoms with Crippen molar-refractivity contribution in [1.29, 1.82) is 0 Å². The molecule has 0 radical (unpaired) electrons. The largest absolute Gasteiger partial charge is 0.285 e. The molecule has 142 valence electrons. The van der Waals surface area contributed by atoms with Crippen LogP contribution in [0.15, 0.2) is 84.9 Å². The Hall–Kier alpha value is -3.48. The van der Waals surface area contributed by atoms with Crippen LogP contribution in [0.3, 0.4) is 0 Å². The average molecular weight is 376 g/mol. The van der Waals surface area contributed by atoms with Crippen LogP contribution >= 0.6 is 0 Å². The van der Waals surface area contributed by atoms with E-state index in [0.717, 1.165) is 11.1 Å². The summed E-state index contributed by atoms with van der Waals surface area (Å²) >= 11 is 0. The Morgan fingerprint density at radius 3 is 1.21 bits per heavy atom. The summed E-state index contributed by atoms with van der Waals surface area (Å²) in [5.41, 5.74) is 2.06. The Morgan fingerprint density at radius 1 is 0.571 bits per heavy atom. The van der Waals surface area contributed by atoms with Gasteiger partial charge in [-0.3, -0.25) is 20.0 Å². The second kappa shape index (κ2) is 8.94. The highest BCUT2D eigenvalue weighted by molar-refractivity contribution is 5.97. The molecular formula is C22H20N2O4. The molecule has 0 aliphatic rings. The lowest BCUT2D eigenvalue weighted by atomic mass is 10.1. The Morgan fingerprint density at radius 2 is 0.893 bits per heavy atom.